The van der Waals surface area contributed by atoms with E-state index in [9.17, 15) is 23.5 Å². The quantitative estimate of drug-likeness (QED) is 0.529. The maximum absolute atomic E-state index is 14.3. The van der Waals surface area contributed by atoms with Gasteiger partial charge < -0.3 is 26.0 Å². The van der Waals surface area contributed by atoms with Crippen molar-refractivity contribution in [2.75, 3.05) is 11.9 Å². The van der Waals surface area contributed by atoms with Gasteiger partial charge in [0.25, 0.3) is 0 Å². The van der Waals surface area contributed by atoms with Crippen molar-refractivity contribution in [3.05, 3.63) is 22.7 Å². The molecule has 5 N–H and O–H groups in total. The van der Waals surface area contributed by atoms with Crippen LogP contribution in [0.4, 0.5) is 14.6 Å². The number of carbonyl (C=O) groups excluding carboxylic acids is 1. The first-order valence-corrected chi connectivity index (χ1v) is 7.57. The number of halogens is 2. The number of hydrogen-bond donors (Lipinski definition) is 4. The van der Waals surface area contributed by atoms with E-state index in [2.05, 4.69) is 10.3 Å². The van der Waals surface area contributed by atoms with Crippen molar-refractivity contribution in [3.8, 4) is 0 Å². The Hall–Kier alpha value is -1.95. The molecule has 1 aromatic rings. The zero-order valence-corrected chi connectivity index (χ0v) is 13.6. The zero-order valence-electron chi connectivity index (χ0n) is 13.6. The van der Waals surface area contributed by atoms with E-state index in [4.69, 9.17) is 15.6 Å². The molecule has 1 aliphatic heterocycles. The minimum Gasteiger partial charge on any atom is -0.394 e. The van der Waals surface area contributed by atoms with Crippen LogP contribution >= 0.6 is 0 Å². The molecule has 1 saturated heterocycles. The van der Waals surface area contributed by atoms with Crippen LogP contribution in [0.5, 0.6) is 0 Å². The van der Waals surface area contributed by atoms with Gasteiger partial charge in [0.1, 0.15) is 11.9 Å². The predicted octanol–water partition coefficient (Wildman–Crippen LogP) is -0.949. The fourth-order valence-electron chi connectivity index (χ4n) is 2.36. The highest BCUT2D eigenvalue weighted by Crippen LogP contribution is 2.43. The Kier molecular flexibility index (Phi) is 5.52. The maximum atomic E-state index is 14.3. The molecule has 25 heavy (non-hydrogen) atoms. The molecule has 0 aliphatic carbocycles. The Morgan fingerprint density at radius 3 is 2.72 bits per heavy atom. The van der Waals surface area contributed by atoms with Crippen LogP contribution in [-0.4, -0.2) is 56.5 Å². The molecule has 1 fully saturated rings. The van der Waals surface area contributed by atoms with Gasteiger partial charge >= 0.3 is 11.6 Å². The van der Waals surface area contributed by atoms with Gasteiger partial charge in [0.05, 0.1) is 12.6 Å². The molecule has 140 valence electrons. The Bertz CT molecular complexity index is 696. The van der Waals surface area contributed by atoms with Crippen LogP contribution in [0, 0.1) is 5.92 Å². The number of anilines is 1. The van der Waals surface area contributed by atoms with E-state index < -0.39 is 48.6 Å². The normalized spacial score (nSPS) is 26.6. The highest BCUT2D eigenvalue weighted by Gasteiger charge is 2.60. The minimum absolute atomic E-state index is 0.230. The van der Waals surface area contributed by atoms with Gasteiger partial charge in [-0.15, -0.1) is 0 Å². The number of nitrogens with one attached hydrogen (secondary N) is 1. The number of amides is 1. The van der Waals surface area contributed by atoms with Gasteiger partial charge in [0.15, 0.2) is 6.10 Å². The van der Waals surface area contributed by atoms with Crippen molar-refractivity contribution in [3.63, 3.8) is 0 Å². The standard InChI is InChI=1S/C14H20F2N4O5/c1-6(2)9(17)11(23)19-8-3-4-18-13(24)20(8)12-14(15,16)10(22)7(5-21)25-12/h3-4,6-7,9-10,12,21-22H,5,17H2,1-2H3,(H,19,23)/t7-,9+,10-,12-/m1/s1. The van der Waals surface area contributed by atoms with Gasteiger partial charge in [-0.25, -0.2) is 14.3 Å². The summed E-state index contributed by atoms with van der Waals surface area (Å²) in [5.74, 6) is -5.11. The van der Waals surface area contributed by atoms with Gasteiger partial charge in [0, 0.05) is 6.20 Å². The summed E-state index contributed by atoms with van der Waals surface area (Å²) in [5, 5.41) is 20.9. The number of aromatic nitrogens is 2. The summed E-state index contributed by atoms with van der Waals surface area (Å²) in [5.41, 5.74) is 4.58. The lowest BCUT2D eigenvalue weighted by Crippen LogP contribution is -2.44. The van der Waals surface area contributed by atoms with E-state index >= 15 is 0 Å². The van der Waals surface area contributed by atoms with E-state index in [0.717, 1.165) is 12.3 Å². The molecule has 0 aromatic carbocycles. The molecule has 0 spiro atoms. The van der Waals surface area contributed by atoms with Crippen molar-refractivity contribution >= 4 is 11.7 Å². The van der Waals surface area contributed by atoms with Crippen LogP contribution in [0.3, 0.4) is 0 Å². The molecule has 0 unspecified atom stereocenters. The van der Waals surface area contributed by atoms with Crippen molar-refractivity contribution < 1.29 is 28.5 Å². The number of hydrogen-bond acceptors (Lipinski definition) is 7. The highest BCUT2D eigenvalue weighted by molar-refractivity contribution is 5.94. The van der Waals surface area contributed by atoms with Crippen LogP contribution in [0.1, 0.15) is 20.1 Å². The second-order valence-corrected chi connectivity index (χ2v) is 6.07. The molecule has 9 nitrogen and oxygen atoms in total. The number of rotatable bonds is 5. The van der Waals surface area contributed by atoms with Crippen molar-refractivity contribution in [2.45, 2.75) is 44.2 Å². The Labute approximate surface area is 141 Å². The van der Waals surface area contributed by atoms with Gasteiger partial charge in [-0.2, -0.15) is 8.78 Å². The Morgan fingerprint density at radius 2 is 2.20 bits per heavy atom. The van der Waals surface area contributed by atoms with Gasteiger partial charge in [-0.05, 0) is 12.0 Å². The highest BCUT2D eigenvalue weighted by atomic mass is 19.3. The third-order valence-electron chi connectivity index (χ3n) is 3.95. The van der Waals surface area contributed by atoms with Crippen LogP contribution in [0.25, 0.3) is 0 Å². The maximum Gasteiger partial charge on any atom is 0.351 e. The summed E-state index contributed by atoms with van der Waals surface area (Å²) >= 11 is 0. The largest absolute Gasteiger partial charge is 0.394 e. The number of nitrogens with zero attached hydrogens (tertiary/aromatic N) is 2. The molecule has 0 radical (unpaired) electrons. The topological polar surface area (TPSA) is 140 Å². The first-order valence-electron chi connectivity index (χ1n) is 7.57. The monoisotopic (exact) mass is 362 g/mol. The molecule has 2 rings (SSSR count). The predicted molar refractivity (Wildman–Crippen MR) is 81.9 cm³/mol. The van der Waals surface area contributed by atoms with Crippen LogP contribution in [-0.2, 0) is 9.53 Å². The second kappa shape index (κ2) is 7.12. The lowest BCUT2D eigenvalue weighted by atomic mass is 10.1. The number of aliphatic hydroxyl groups excluding tert-OH is 2. The van der Waals surface area contributed by atoms with E-state index in [1.54, 1.807) is 13.8 Å². The van der Waals surface area contributed by atoms with E-state index in [-0.39, 0.29) is 11.7 Å². The summed E-state index contributed by atoms with van der Waals surface area (Å²) in [7, 11) is 0. The second-order valence-electron chi connectivity index (χ2n) is 6.07. The van der Waals surface area contributed by atoms with E-state index in [1.807, 2.05) is 0 Å². The van der Waals surface area contributed by atoms with E-state index in [1.165, 1.54) is 0 Å². The summed E-state index contributed by atoms with van der Waals surface area (Å²) in [6.45, 7) is 2.52. The molecule has 2 heterocycles. The SMILES string of the molecule is CC(C)[C@H](N)C(=O)Nc1ccnc(=O)n1[C@@H]1O[C@H](CO)[C@@H](O)C1(F)F. The van der Waals surface area contributed by atoms with Gasteiger partial charge in [-0.3, -0.25) is 4.79 Å². The van der Waals surface area contributed by atoms with Crippen LogP contribution in [0.15, 0.2) is 17.1 Å². The molecular weight excluding hydrogens is 342 g/mol. The van der Waals surface area contributed by atoms with Gasteiger partial charge in [0.2, 0.25) is 12.1 Å². The minimum atomic E-state index is -3.89. The molecule has 1 amide bonds. The first-order chi connectivity index (χ1) is 11.6. The molecule has 11 heteroatoms. The number of nitrogens with two attached hydrogens (primary N) is 1. The molecule has 1 aliphatic rings. The Morgan fingerprint density at radius 1 is 1.56 bits per heavy atom. The third-order valence-corrected chi connectivity index (χ3v) is 3.95. The summed E-state index contributed by atoms with van der Waals surface area (Å²) in [6, 6.07) is 0.197. The summed E-state index contributed by atoms with van der Waals surface area (Å²) in [6.07, 6.45) is -5.13. The average molecular weight is 362 g/mol. The molecular formula is C14H20F2N4O5. The molecule has 1 aromatic heterocycles. The number of alkyl halides is 2. The number of ether oxygens (including phenoxy) is 1. The zero-order chi connectivity index (χ0) is 18.9. The fraction of sp³-hybridized carbons (Fsp3) is 0.643. The average Bonchev–Trinajstić information content (AvgIpc) is 2.77. The third kappa shape index (κ3) is 3.54. The molecule has 0 saturated carbocycles. The summed E-state index contributed by atoms with van der Waals surface area (Å²) in [4.78, 5) is 27.5. The smallest absolute Gasteiger partial charge is 0.351 e. The molecule has 0 bridgehead atoms. The van der Waals surface area contributed by atoms with Crippen molar-refractivity contribution in [1.82, 2.24) is 9.55 Å². The van der Waals surface area contributed by atoms with Crippen molar-refractivity contribution in [2.24, 2.45) is 11.7 Å². The number of carbonyl (C=O) groups is 1. The fourth-order valence-corrected chi connectivity index (χ4v) is 2.36. The van der Waals surface area contributed by atoms with Crippen LogP contribution in [0.2, 0.25) is 0 Å². The van der Waals surface area contributed by atoms with Crippen LogP contribution < -0.4 is 16.7 Å². The summed E-state index contributed by atoms with van der Waals surface area (Å²) < 4.78 is 33.9. The van der Waals surface area contributed by atoms with Crippen molar-refractivity contribution in [1.29, 1.82) is 0 Å². The lowest BCUT2D eigenvalue weighted by molar-refractivity contribution is -0.140. The number of aliphatic hydroxyl groups is 2. The van der Waals surface area contributed by atoms with E-state index in [0.29, 0.717) is 4.57 Å². The van der Waals surface area contributed by atoms with Gasteiger partial charge in [-0.1, -0.05) is 13.8 Å². The first kappa shape index (κ1) is 19.4. The Balaban J connectivity index is 2.42. The lowest BCUT2D eigenvalue weighted by Gasteiger charge is -2.24. The molecule has 4 atom stereocenters.